The molecule has 6 nitrogen and oxygen atoms in total. The summed E-state index contributed by atoms with van der Waals surface area (Å²) < 4.78 is 4.76. The quantitative estimate of drug-likeness (QED) is 0.358. The fraction of sp³-hybridized carbons (Fsp3) is 0.357. The number of ether oxygens (including phenoxy) is 1. The van der Waals surface area contributed by atoms with Crippen LogP contribution in [0, 0.1) is 0 Å². The Balaban J connectivity index is 0.00000400. The second kappa shape index (κ2) is 10.1. The molecule has 0 fully saturated rings. The number of hydrogen-bond donors (Lipinski definition) is 1. The Morgan fingerprint density at radius 1 is 1.33 bits per heavy atom. The van der Waals surface area contributed by atoms with Crippen molar-refractivity contribution in [2.45, 2.75) is 26.3 Å². The molecule has 0 aromatic heterocycles. The summed E-state index contributed by atoms with van der Waals surface area (Å²) in [5.74, 6) is -1.81. The van der Waals surface area contributed by atoms with Gasteiger partial charge in [-0.2, -0.15) is 0 Å². The van der Waals surface area contributed by atoms with Crippen molar-refractivity contribution in [2.24, 2.45) is 4.99 Å². The first kappa shape index (κ1) is 20.3. The maximum absolute atomic E-state index is 11.3. The molecular weight excluding hydrogens is 301 g/mol. The number of carbonyl (C=O) groups excluding carboxylic acids is 2. The maximum atomic E-state index is 11.3. The molecule has 0 aliphatic heterocycles. The molecule has 21 heavy (non-hydrogen) atoms. The minimum Gasteiger partial charge on any atom is -0.547 e. The van der Waals surface area contributed by atoms with Gasteiger partial charge < -0.3 is 19.7 Å². The minimum atomic E-state index is -1.38. The van der Waals surface area contributed by atoms with E-state index in [0.717, 1.165) is 0 Å². The summed E-state index contributed by atoms with van der Waals surface area (Å²) in [6, 6.07) is 4.39. The summed E-state index contributed by atoms with van der Waals surface area (Å²) in [7, 11) is 0. The van der Waals surface area contributed by atoms with Crippen LogP contribution in [-0.2, 0) is 14.3 Å². The molecule has 0 unspecified atom stereocenters. The molecule has 0 saturated heterocycles. The third kappa shape index (κ3) is 7.19. The average molecular weight is 317 g/mol. The van der Waals surface area contributed by atoms with Crippen molar-refractivity contribution in [1.29, 1.82) is 0 Å². The van der Waals surface area contributed by atoms with E-state index >= 15 is 0 Å². The van der Waals surface area contributed by atoms with Gasteiger partial charge in [-0.25, -0.2) is 0 Å². The number of benzene rings is 1. The number of phenolic OH excluding ortho intramolecular Hbond substituents is 1. The van der Waals surface area contributed by atoms with Gasteiger partial charge in [-0.1, -0.05) is 12.1 Å². The number of nitrogens with zero attached hydrogens (tertiary/aromatic N) is 1. The predicted molar refractivity (Wildman–Crippen MR) is 70.2 cm³/mol. The first-order valence-corrected chi connectivity index (χ1v) is 6.12. The number of phenols is 1. The van der Waals surface area contributed by atoms with Gasteiger partial charge in [-0.05, 0) is 31.5 Å². The minimum absolute atomic E-state index is 0. The Hall–Kier alpha value is -0.734. The van der Waals surface area contributed by atoms with Gasteiger partial charge in [0.05, 0.1) is 19.0 Å². The molecular formula is C14H16KNO5. The molecule has 7 heteroatoms. The van der Waals surface area contributed by atoms with Crippen molar-refractivity contribution in [3.05, 3.63) is 29.8 Å². The molecule has 0 radical (unpaired) electrons. The normalized spacial score (nSPS) is 12.2. The SMILES string of the molecule is CCOC(=O)CC(C)=N[C@@H](C(=O)[O-])c1ccc(O)cc1.[K+]. The van der Waals surface area contributed by atoms with Gasteiger partial charge in [-0.3, -0.25) is 9.79 Å². The molecule has 1 atom stereocenters. The number of rotatable bonds is 6. The Morgan fingerprint density at radius 2 is 1.90 bits per heavy atom. The van der Waals surface area contributed by atoms with Crippen LogP contribution in [0.2, 0.25) is 0 Å². The number of hydrogen-bond acceptors (Lipinski definition) is 6. The molecule has 0 aliphatic carbocycles. The maximum Gasteiger partial charge on any atom is 1.00 e. The summed E-state index contributed by atoms with van der Waals surface area (Å²) in [6.07, 6.45) is -0.0737. The van der Waals surface area contributed by atoms with Gasteiger partial charge >= 0.3 is 57.4 Å². The van der Waals surface area contributed by atoms with E-state index in [2.05, 4.69) is 4.99 Å². The van der Waals surface area contributed by atoms with Crippen molar-refractivity contribution in [2.75, 3.05) is 6.61 Å². The van der Waals surface area contributed by atoms with E-state index in [1.54, 1.807) is 13.8 Å². The molecule has 108 valence electrons. The first-order valence-electron chi connectivity index (χ1n) is 6.12. The summed E-state index contributed by atoms with van der Waals surface area (Å²) in [5, 5.41) is 20.3. The standard InChI is InChI=1S/C14H17NO5.K/c1-3-20-12(17)8-9(2)15-13(14(18)19)10-4-6-11(16)7-5-10;/h4-7,13,16H,3,8H2,1-2H3,(H,18,19);/q;+1/p-1/t13-;/m1./s1. The molecule has 0 bridgehead atoms. The van der Waals surface area contributed by atoms with Crippen molar-refractivity contribution in [3.63, 3.8) is 0 Å². The summed E-state index contributed by atoms with van der Waals surface area (Å²) in [4.78, 5) is 26.4. The van der Waals surface area contributed by atoms with Gasteiger partial charge in [-0.15, -0.1) is 0 Å². The van der Waals surface area contributed by atoms with Crippen LogP contribution >= 0.6 is 0 Å². The van der Waals surface area contributed by atoms with E-state index in [0.29, 0.717) is 11.3 Å². The zero-order chi connectivity index (χ0) is 15.1. The van der Waals surface area contributed by atoms with Gasteiger partial charge in [0.2, 0.25) is 0 Å². The number of carboxylic acids is 1. The van der Waals surface area contributed by atoms with Crippen LogP contribution in [0.4, 0.5) is 0 Å². The Morgan fingerprint density at radius 3 is 2.38 bits per heavy atom. The van der Waals surface area contributed by atoms with Crippen molar-refractivity contribution < 1.29 is 75.9 Å². The summed E-state index contributed by atoms with van der Waals surface area (Å²) >= 11 is 0. The molecule has 1 N–H and O–H groups in total. The van der Waals surface area contributed by atoms with Crippen molar-refractivity contribution in [1.82, 2.24) is 0 Å². The monoisotopic (exact) mass is 317 g/mol. The second-order valence-corrected chi connectivity index (χ2v) is 4.16. The van der Waals surface area contributed by atoms with Crippen LogP contribution in [0.1, 0.15) is 31.9 Å². The number of aliphatic imine (C=N–C) groups is 1. The zero-order valence-electron chi connectivity index (χ0n) is 12.3. The van der Waals surface area contributed by atoms with E-state index in [-0.39, 0.29) is 70.2 Å². The van der Waals surface area contributed by atoms with Crippen LogP contribution in [0.15, 0.2) is 29.3 Å². The van der Waals surface area contributed by atoms with Gasteiger partial charge in [0.1, 0.15) is 11.8 Å². The van der Waals surface area contributed by atoms with Gasteiger partial charge in [0.25, 0.3) is 0 Å². The number of carbonyl (C=O) groups is 2. The zero-order valence-corrected chi connectivity index (χ0v) is 15.5. The molecule has 0 amide bonds. The fourth-order valence-electron chi connectivity index (χ4n) is 1.61. The van der Waals surface area contributed by atoms with E-state index in [1.165, 1.54) is 24.3 Å². The molecule has 1 rings (SSSR count). The molecule has 0 spiro atoms. The van der Waals surface area contributed by atoms with Crippen LogP contribution in [0.3, 0.4) is 0 Å². The number of aromatic hydroxyl groups is 1. The predicted octanol–water partition coefficient (Wildman–Crippen LogP) is -2.40. The number of esters is 1. The Kier molecular flexibility index (Phi) is 9.72. The molecule has 1 aromatic carbocycles. The smallest absolute Gasteiger partial charge is 0.547 e. The molecule has 0 saturated carbocycles. The van der Waals surface area contributed by atoms with E-state index < -0.39 is 18.0 Å². The summed E-state index contributed by atoms with van der Waals surface area (Å²) in [6.45, 7) is 3.49. The topological polar surface area (TPSA) is 99.0 Å². The van der Waals surface area contributed by atoms with Crippen LogP contribution in [-0.4, -0.2) is 29.4 Å². The van der Waals surface area contributed by atoms with Crippen molar-refractivity contribution in [3.8, 4) is 5.75 Å². The molecule has 0 heterocycles. The Bertz CT molecular complexity index is 513. The largest absolute Gasteiger partial charge is 1.00 e. The third-order valence-electron chi connectivity index (χ3n) is 2.49. The molecule has 0 aliphatic rings. The molecule has 1 aromatic rings. The van der Waals surface area contributed by atoms with E-state index in [1.807, 2.05) is 0 Å². The first-order chi connectivity index (χ1) is 9.43. The fourth-order valence-corrected chi connectivity index (χ4v) is 1.61. The average Bonchev–Trinajstić information content (AvgIpc) is 2.37. The van der Waals surface area contributed by atoms with Gasteiger partial charge in [0.15, 0.2) is 0 Å². The van der Waals surface area contributed by atoms with Crippen LogP contribution < -0.4 is 56.5 Å². The van der Waals surface area contributed by atoms with Crippen LogP contribution in [0.5, 0.6) is 5.75 Å². The van der Waals surface area contributed by atoms with Gasteiger partial charge in [0, 0.05) is 5.71 Å². The number of aliphatic carboxylic acids is 1. The summed E-state index contributed by atoms with van der Waals surface area (Å²) in [5.41, 5.74) is 0.705. The Labute approximate surface area is 165 Å². The second-order valence-electron chi connectivity index (χ2n) is 4.16. The van der Waals surface area contributed by atoms with E-state index in [4.69, 9.17) is 4.74 Å². The number of carboxylic acid groups (broad SMARTS) is 1. The van der Waals surface area contributed by atoms with Crippen molar-refractivity contribution >= 4 is 17.7 Å². The van der Waals surface area contributed by atoms with Crippen LogP contribution in [0.25, 0.3) is 0 Å². The third-order valence-corrected chi connectivity index (χ3v) is 2.49. The van der Waals surface area contributed by atoms with E-state index in [9.17, 15) is 19.8 Å².